The maximum Gasteiger partial charge on any atom is 0.223 e. The molecule has 0 saturated carbocycles. The minimum absolute atomic E-state index is 0.0275. The van der Waals surface area contributed by atoms with Gasteiger partial charge in [-0.05, 0) is 36.4 Å². The average molecular weight is 439 g/mol. The second-order valence-corrected chi connectivity index (χ2v) is 9.54. The van der Waals surface area contributed by atoms with Crippen molar-refractivity contribution in [2.45, 2.75) is 26.3 Å². The predicted octanol–water partition coefficient (Wildman–Crippen LogP) is 3.16. The second kappa shape index (κ2) is 8.96. The SMILES string of the molecule is CCS(=O)(=O)N(CCCC#N)CCn1cc(-c2nc(Cl)nc3ccsc23)cn1. The first-order valence-corrected chi connectivity index (χ1v) is 11.6. The maximum atomic E-state index is 12.3. The number of unbranched alkanes of at least 4 members (excludes halogenated alkanes) is 1. The lowest BCUT2D eigenvalue weighted by Crippen LogP contribution is -2.36. The van der Waals surface area contributed by atoms with Crippen LogP contribution in [0.1, 0.15) is 19.8 Å². The van der Waals surface area contributed by atoms with E-state index in [4.69, 9.17) is 16.9 Å². The van der Waals surface area contributed by atoms with Crippen molar-refractivity contribution in [2.24, 2.45) is 0 Å². The molecular formula is C17H19ClN6O2S2. The molecule has 0 aromatic carbocycles. The molecule has 0 spiro atoms. The molecule has 0 atom stereocenters. The van der Waals surface area contributed by atoms with Crippen LogP contribution in [0.15, 0.2) is 23.8 Å². The molecule has 0 fully saturated rings. The summed E-state index contributed by atoms with van der Waals surface area (Å²) in [5.74, 6) is 0.0275. The van der Waals surface area contributed by atoms with Crippen LogP contribution in [0.2, 0.25) is 5.28 Å². The third kappa shape index (κ3) is 4.67. The monoisotopic (exact) mass is 438 g/mol. The van der Waals surface area contributed by atoms with Crippen molar-refractivity contribution in [1.82, 2.24) is 24.1 Å². The lowest BCUT2D eigenvalue weighted by molar-refractivity contribution is 0.380. The molecule has 0 saturated heterocycles. The Morgan fingerprint density at radius 1 is 1.36 bits per heavy atom. The van der Waals surface area contributed by atoms with Gasteiger partial charge in [0.2, 0.25) is 15.3 Å². The van der Waals surface area contributed by atoms with E-state index in [1.807, 2.05) is 23.7 Å². The summed E-state index contributed by atoms with van der Waals surface area (Å²) in [5, 5.41) is 15.1. The van der Waals surface area contributed by atoms with Gasteiger partial charge in [0, 0.05) is 31.3 Å². The molecule has 148 valence electrons. The summed E-state index contributed by atoms with van der Waals surface area (Å²) in [6, 6.07) is 3.93. The molecule has 3 aromatic rings. The quantitative estimate of drug-likeness (QED) is 0.375. The third-order valence-corrected chi connectivity index (χ3v) is 7.18. The average Bonchev–Trinajstić information content (AvgIpc) is 3.33. The molecule has 0 radical (unpaired) electrons. The number of nitrogens with zero attached hydrogens (tertiary/aromatic N) is 6. The van der Waals surface area contributed by atoms with Crippen molar-refractivity contribution >= 4 is 43.2 Å². The van der Waals surface area contributed by atoms with E-state index in [-0.39, 0.29) is 11.0 Å². The first-order chi connectivity index (χ1) is 13.4. The van der Waals surface area contributed by atoms with E-state index in [1.165, 1.54) is 15.6 Å². The van der Waals surface area contributed by atoms with E-state index in [0.29, 0.717) is 38.2 Å². The number of hydrogen-bond acceptors (Lipinski definition) is 7. The fourth-order valence-corrected chi connectivity index (χ4v) is 4.91. The van der Waals surface area contributed by atoms with Gasteiger partial charge in [-0.3, -0.25) is 4.68 Å². The zero-order valence-electron chi connectivity index (χ0n) is 15.2. The molecule has 3 rings (SSSR count). The van der Waals surface area contributed by atoms with Crippen molar-refractivity contribution in [3.05, 3.63) is 29.1 Å². The van der Waals surface area contributed by atoms with Crippen LogP contribution in [0.3, 0.4) is 0 Å². The number of aromatic nitrogens is 4. The minimum atomic E-state index is -3.34. The van der Waals surface area contributed by atoms with Crippen LogP contribution >= 0.6 is 22.9 Å². The molecule has 3 aromatic heterocycles. The van der Waals surface area contributed by atoms with Crippen LogP contribution in [-0.2, 0) is 16.6 Å². The highest BCUT2D eigenvalue weighted by Gasteiger charge is 2.20. The Hall–Kier alpha value is -2.06. The van der Waals surface area contributed by atoms with Gasteiger partial charge >= 0.3 is 0 Å². The highest BCUT2D eigenvalue weighted by Crippen LogP contribution is 2.30. The molecule has 0 aliphatic heterocycles. The minimum Gasteiger partial charge on any atom is -0.271 e. The smallest absolute Gasteiger partial charge is 0.223 e. The second-order valence-electron chi connectivity index (χ2n) is 6.03. The summed E-state index contributed by atoms with van der Waals surface area (Å²) < 4.78 is 28.6. The first kappa shape index (κ1) is 20.7. The van der Waals surface area contributed by atoms with Crippen LogP contribution in [0.25, 0.3) is 21.5 Å². The molecule has 28 heavy (non-hydrogen) atoms. The van der Waals surface area contributed by atoms with E-state index in [2.05, 4.69) is 15.1 Å². The van der Waals surface area contributed by atoms with Gasteiger partial charge in [-0.25, -0.2) is 22.7 Å². The number of rotatable bonds is 9. The van der Waals surface area contributed by atoms with Gasteiger partial charge in [0.05, 0.1) is 40.5 Å². The molecular weight excluding hydrogens is 420 g/mol. The fraction of sp³-hybridized carbons (Fsp3) is 0.412. The van der Waals surface area contributed by atoms with Crippen LogP contribution in [0.4, 0.5) is 0 Å². The highest BCUT2D eigenvalue weighted by molar-refractivity contribution is 7.89. The van der Waals surface area contributed by atoms with E-state index < -0.39 is 10.0 Å². The van der Waals surface area contributed by atoms with Gasteiger partial charge in [0.1, 0.15) is 0 Å². The van der Waals surface area contributed by atoms with Crippen LogP contribution in [-0.4, -0.2) is 51.3 Å². The Morgan fingerprint density at radius 3 is 2.93 bits per heavy atom. The van der Waals surface area contributed by atoms with Crippen LogP contribution < -0.4 is 0 Å². The number of halogens is 1. The van der Waals surface area contributed by atoms with Gasteiger partial charge in [-0.1, -0.05) is 0 Å². The fourth-order valence-electron chi connectivity index (χ4n) is 2.76. The molecule has 0 aliphatic rings. The van der Waals surface area contributed by atoms with E-state index in [9.17, 15) is 8.42 Å². The molecule has 8 nitrogen and oxygen atoms in total. The summed E-state index contributed by atoms with van der Waals surface area (Å²) in [6.45, 7) is 2.64. The number of sulfonamides is 1. The van der Waals surface area contributed by atoms with Gasteiger partial charge in [-0.2, -0.15) is 10.4 Å². The Balaban J connectivity index is 1.76. The van der Waals surface area contributed by atoms with Crippen molar-refractivity contribution in [3.8, 4) is 17.3 Å². The number of fused-ring (bicyclic) bond motifs is 1. The Bertz CT molecular complexity index is 1100. The number of hydrogen-bond donors (Lipinski definition) is 0. The topological polar surface area (TPSA) is 105 Å². The molecule has 0 bridgehead atoms. The first-order valence-electron chi connectivity index (χ1n) is 8.73. The van der Waals surface area contributed by atoms with Crippen LogP contribution in [0, 0.1) is 11.3 Å². The van der Waals surface area contributed by atoms with E-state index in [0.717, 1.165) is 15.8 Å². The van der Waals surface area contributed by atoms with Crippen molar-refractivity contribution in [2.75, 3.05) is 18.8 Å². The summed E-state index contributed by atoms with van der Waals surface area (Å²) in [5.41, 5.74) is 2.29. The molecule has 0 unspecified atom stereocenters. The highest BCUT2D eigenvalue weighted by atomic mass is 35.5. The Kier molecular flexibility index (Phi) is 6.61. The van der Waals surface area contributed by atoms with Gasteiger partial charge in [0.25, 0.3) is 0 Å². The Morgan fingerprint density at radius 2 is 2.18 bits per heavy atom. The summed E-state index contributed by atoms with van der Waals surface area (Å²) >= 11 is 7.55. The number of nitriles is 1. The molecule has 0 amide bonds. The lowest BCUT2D eigenvalue weighted by Gasteiger charge is -2.20. The molecule has 0 N–H and O–H groups in total. The Labute approximate surface area is 172 Å². The summed E-state index contributed by atoms with van der Waals surface area (Å²) in [4.78, 5) is 8.53. The molecule has 11 heteroatoms. The summed E-state index contributed by atoms with van der Waals surface area (Å²) in [7, 11) is -3.34. The van der Waals surface area contributed by atoms with Crippen molar-refractivity contribution < 1.29 is 8.42 Å². The maximum absolute atomic E-state index is 12.3. The van der Waals surface area contributed by atoms with Gasteiger partial charge < -0.3 is 0 Å². The van der Waals surface area contributed by atoms with E-state index >= 15 is 0 Å². The van der Waals surface area contributed by atoms with E-state index in [1.54, 1.807) is 17.8 Å². The van der Waals surface area contributed by atoms with Crippen molar-refractivity contribution in [3.63, 3.8) is 0 Å². The summed E-state index contributed by atoms with van der Waals surface area (Å²) in [6.07, 6.45) is 4.35. The van der Waals surface area contributed by atoms with Crippen molar-refractivity contribution in [1.29, 1.82) is 5.26 Å². The standard InChI is InChI=1S/C17H19ClN6O2S2/c1-2-28(25,26)24(7-4-3-6-19)9-8-23-12-13(11-20-23)15-16-14(5-10-27-16)21-17(18)22-15/h5,10-12H,2-4,7-9H2,1H3. The van der Waals surface area contributed by atoms with Crippen LogP contribution in [0.5, 0.6) is 0 Å². The number of thiophene rings is 1. The normalized spacial score (nSPS) is 11.9. The van der Waals surface area contributed by atoms with Gasteiger partial charge in [-0.15, -0.1) is 11.3 Å². The third-order valence-electron chi connectivity index (χ3n) is 4.22. The van der Waals surface area contributed by atoms with Gasteiger partial charge in [0.15, 0.2) is 0 Å². The lowest BCUT2D eigenvalue weighted by atomic mass is 10.2. The predicted molar refractivity (Wildman–Crippen MR) is 110 cm³/mol. The molecule has 0 aliphatic carbocycles. The largest absolute Gasteiger partial charge is 0.271 e. The zero-order valence-corrected chi connectivity index (χ0v) is 17.6. The zero-order chi connectivity index (χ0) is 20.1. The molecule has 3 heterocycles.